The van der Waals surface area contributed by atoms with Crippen LogP contribution in [0.25, 0.3) is 0 Å². The molecule has 2 aromatic rings. The Labute approximate surface area is 118 Å². The zero-order chi connectivity index (χ0) is 14.7. The summed E-state index contributed by atoms with van der Waals surface area (Å²) in [5.41, 5.74) is 1.70. The SMILES string of the molecule is Cc1csc(C(=O)O)c1NC(=O)Cc1ccc(F)cc1. The number of amides is 1. The maximum Gasteiger partial charge on any atom is 0.348 e. The minimum absolute atomic E-state index is 0.0641. The van der Waals surface area contributed by atoms with Gasteiger partial charge in [-0.25, -0.2) is 9.18 Å². The fraction of sp³-hybridized carbons (Fsp3) is 0.143. The Kier molecular flexibility index (Phi) is 4.14. The van der Waals surface area contributed by atoms with Crippen molar-refractivity contribution in [2.24, 2.45) is 0 Å². The zero-order valence-corrected chi connectivity index (χ0v) is 11.5. The van der Waals surface area contributed by atoms with Crippen molar-refractivity contribution in [3.05, 3.63) is 51.5 Å². The lowest BCUT2D eigenvalue weighted by Crippen LogP contribution is -2.16. The molecule has 20 heavy (non-hydrogen) atoms. The molecule has 0 saturated heterocycles. The summed E-state index contributed by atoms with van der Waals surface area (Å²) in [6.45, 7) is 1.73. The van der Waals surface area contributed by atoms with Crippen LogP contribution in [0.1, 0.15) is 20.8 Å². The van der Waals surface area contributed by atoms with Crippen LogP contribution in [0.2, 0.25) is 0 Å². The summed E-state index contributed by atoms with van der Waals surface area (Å²) < 4.78 is 12.8. The first-order chi connectivity index (χ1) is 9.47. The predicted octanol–water partition coefficient (Wildman–Crippen LogP) is 3.08. The molecule has 0 bridgehead atoms. The van der Waals surface area contributed by atoms with Crippen LogP contribution in [0, 0.1) is 12.7 Å². The number of carboxylic acid groups (broad SMARTS) is 1. The third kappa shape index (κ3) is 3.21. The number of carbonyl (C=O) groups excluding carboxylic acids is 1. The van der Waals surface area contributed by atoms with Gasteiger partial charge in [-0.15, -0.1) is 11.3 Å². The van der Waals surface area contributed by atoms with Crippen LogP contribution in [0.15, 0.2) is 29.6 Å². The summed E-state index contributed by atoms with van der Waals surface area (Å²) in [6, 6.07) is 5.60. The average Bonchev–Trinajstić information content (AvgIpc) is 2.74. The minimum Gasteiger partial charge on any atom is -0.477 e. The Balaban J connectivity index is 2.10. The molecule has 104 valence electrons. The molecule has 1 aromatic carbocycles. The van der Waals surface area contributed by atoms with Gasteiger partial charge in [-0.1, -0.05) is 12.1 Å². The van der Waals surface area contributed by atoms with E-state index in [9.17, 15) is 14.0 Å². The van der Waals surface area contributed by atoms with E-state index >= 15 is 0 Å². The van der Waals surface area contributed by atoms with E-state index in [0.717, 1.165) is 11.3 Å². The molecule has 2 rings (SSSR count). The molecule has 2 N–H and O–H groups in total. The lowest BCUT2D eigenvalue weighted by Gasteiger charge is -2.06. The Morgan fingerprint density at radius 1 is 1.30 bits per heavy atom. The molecule has 6 heteroatoms. The van der Waals surface area contributed by atoms with Crippen molar-refractivity contribution in [1.82, 2.24) is 0 Å². The molecular weight excluding hydrogens is 281 g/mol. The molecule has 1 amide bonds. The van der Waals surface area contributed by atoms with Crippen molar-refractivity contribution in [2.45, 2.75) is 13.3 Å². The fourth-order valence-electron chi connectivity index (χ4n) is 1.73. The molecule has 1 aromatic heterocycles. The second kappa shape index (κ2) is 5.83. The Morgan fingerprint density at radius 2 is 1.95 bits per heavy atom. The third-order valence-corrected chi connectivity index (χ3v) is 3.80. The second-order valence-corrected chi connectivity index (χ2v) is 5.16. The molecule has 0 radical (unpaired) electrons. The molecule has 0 atom stereocenters. The monoisotopic (exact) mass is 293 g/mol. The van der Waals surface area contributed by atoms with Crippen LogP contribution in [0.4, 0.5) is 10.1 Å². The standard InChI is InChI=1S/C14H12FNO3S/c1-8-7-20-13(14(18)19)12(8)16-11(17)6-9-2-4-10(15)5-3-9/h2-5,7H,6H2,1H3,(H,16,17)(H,18,19). The molecule has 1 heterocycles. The van der Waals surface area contributed by atoms with Gasteiger partial charge in [0.1, 0.15) is 10.7 Å². The van der Waals surface area contributed by atoms with Gasteiger partial charge in [0.25, 0.3) is 0 Å². The number of thiophene rings is 1. The Bertz CT molecular complexity index is 649. The molecule has 0 aliphatic rings. The van der Waals surface area contributed by atoms with E-state index in [2.05, 4.69) is 5.32 Å². The van der Waals surface area contributed by atoms with Crippen molar-refractivity contribution in [1.29, 1.82) is 0 Å². The number of aromatic carboxylic acids is 1. The van der Waals surface area contributed by atoms with E-state index in [1.165, 1.54) is 24.3 Å². The number of carboxylic acids is 1. The summed E-state index contributed by atoms with van der Waals surface area (Å²) in [7, 11) is 0. The van der Waals surface area contributed by atoms with Gasteiger partial charge < -0.3 is 10.4 Å². The van der Waals surface area contributed by atoms with E-state index in [4.69, 9.17) is 5.11 Å². The molecule has 0 unspecified atom stereocenters. The van der Waals surface area contributed by atoms with Crippen LogP contribution in [-0.4, -0.2) is 17.0 Å². The number of halogens is 1. The van der Waals surface area contributed by atoms with Gasteiger partial charge in [-0.05, 0) is 35.6 Å². The molecule has 0 aliphatic carbocycles. The highest BCUT2D eigenvalue weighted by molar-refractivity contribution is 7.12. The first-order valence-electron chi connectivity index (χ1n) is 5.83. The maximum absolute atomic E-state index is 12.8. The van der Waals surface area contributed by atoms with Crippen molar-refractivity contribution in [3.63, 3.8) is 0 Å². The van der Waals surface area contributed by atoms with Crippen LogP contribution in [0.5, 0.6) is 0 Å². The average molecular weight is 293 g/mol. The highest BCUT2D eigenvalue weighted by atomic mass is 32.1. The van der Waals surface area contributed by atoms with E-state index < -0.39 is 5.97 Å². The first kappa shape index (κ1) is 14.2. The summed E-state index contributed by atoms with van der Waals surface area (Å²) in [5.74, 6) is -1.77. The van der Waals surface area contributed by atoms with Crippen LogP contribution in [0.3, 0.4) is 0 Å². The van der Waals surface area contributed by atoms with Gasteiger partial charge in [0.05, 0.1) is 12.1 Å². The Morgan fingerprint density at radius 3 is 2.55 bits per heavy atom. The number of anilines is 1. The summed E-state index contributed by atoms with van der Waals surface area (Å²) in [6.07, 6.45) is 0.0641. The quantitative estimate of drug-likeness (QED) is 0.910. The predicted molar refractivity (Wildman–Crippen MR) is 74.7 cm³/mol. The number of hydrogen-bond donors (Lipinski definition) is 2. The second-order valence-electron chi connectivity index (χ2n) is 4.28. The number of aryl methyl sites for hydroxylation is 1. The molecule has 0 saturated carbocycles. The van der Waals surface area contributed by atoms with E-state index in [1.54, 1.807) is 12.3 Å². The normalized spacial score (nSPS) is 10.3. The summed E-state index contributed by atoms with van der Waals surface area (Å²) in [5, 5.41) is 13.3. The summed E-state index contributed by atoms with van der Waals surface area (Å²) >= 11 is 1.07. The maximum atomic E-state index is 12.8. The molecule has 0 aliphatic heterocycles. The lowest BCUT2D eigenvalue weighted by atomic mass is 10.1. The van der Waals surface area contributed by atoms with Crippen molar-refractivity contribution in [3.8, 4) is 0 Å². The highest BCUT2D eigenvalue weighted by Gasteiger charge is 2.17. The Hall–Kier alpha value is -2.21. The van der Waals surface area contributed by atoms with Crippen LogP contribution >= 0.6 is 11.3 Å². The smallest absolute Gasteiger partial charge is 0.348 e. The molecule has 4 nitrogen and oxygen atoms in total. The van der Waals surface area contributed by atoms with Gasteiger partial charge in [0.15, 0.2) is 0 Å². The van der Waals surface area contributed by atoms with Crippen molar-refractivity contribution >= 4 is 28.9 Å². The molecule has 0 fully saturated rings. The van der Waals surface area contributed by atoms with E-state index in [-0.39, 0.29) is 23.0 Å². The highest BCUT2D eigenvalue weighted by Crippen LogP contribution is 2.27. The van der Waals surface area contributed by atoms with E-state index in [1.807, 2.05) is 0 Å². The van der Waals surface area contributed by atoms with Crippen molar-refractivity contribution in [2.75, 3.05) is 5.32 Å². The zero-order valence-electron chi connectivity index (χ0n) is 10.6. The largest absolute Gasteiger partial charge is 0.477 e. The third-order valence-electron chi connectivity index (χ3n) is 2.71. The van der Waals surface area contributed by atoms with E-state index in [0.29, 0.717) is 16.8 Å². The first-order valence-corrected chi connectivity index (χ1v) is 6.71. The number of benzene rings is 1. The van der Waals surface area contributed by atoms with Crippen LogP contribution < -0.4 is 5.32 Å². The van der Waals surface area contributed by atoms with Gasteiger partial charge in [-0.2, -0.15) is 0 Å². The number of rotatable bonds is 4. The molecular formula is C14H12FNO3S. The molecule has 0 spiro atoms. The van der Waals surface area contributed by atoms with Crippen LogP contribution in [-0.2, 0) is 11.2 Å². The lowest BCUT2D eigenvalue weighted by molar-refractivity contribution is -0.115. The van der Waals surface area contributed by atoms with Gasteiger partial charge >= 0.3 is 5.97 Å². The number of carbonyl (C=O) groups is 2. The van der Waals surface area contributed by atoms with Gasteiger partial charge in [-0.3, -0.25) is 4.79 Å². The number of hydrogen-bond acceptors (Lipinski definition) is 3. The number of nitrogens with one attached hydrogen (secondary N) is 1. The summed E-state index contributed by atoms with van der Waals surface area (Å²) in [4.78, 5) is 23.0. The van der Waals surface area contributed by atoms with Gasteiger partial charge in [0.2, 0.25) is 5.91 Å². The fourth-order valence-corrected chi connectivity index (χ4v) is 2.57. The minimum atomic E-state index is -1.07. The van der Waals surface area contributed by atoms with Gasteiger partial charge in [0, 0.05) is 0 Å². The van der Waals surface area contributed by atoms with Crippen molar-refractivity contribution < 1.29 is 19.1 Å². The topological polar surface area (TPSA) is 66.4 Å².